The van der Waals surface area contributed by atoms with Crippen LogP contribution in [0.4, 0.5) is 4.79 Å². The second-order valence-electron chi connectivity index (χ2n) is 5.38. The van der Waals surface area contributed by atoms with E-state index < -0.39 is 5.60 Å². The van der Waals surface area contributed by atoms with Gasteiger partial charge in [0.25, 0.3) is 0 Å². The zero-order valence-corrected chi connectivity index (χ0v) is 10.3. The highest BCUT2D eigenvalue weighted by molar-refractivity contribution is 5.90. The lowest BCUT2D eigenvalue weighted by Crippen LogP contribution is -2.36. The Kier molecular flexibility index (Phi) is 2.99. The van der Waals surface area contributed by atoms with Gasteiger partial charge in [0.05, 0.1) is 24.8 Å². The van der Waals surface area contributed by atoms with Crippen LogP contribution in [0.25, 0.3) is 0 Å². The molecule has 1 saturated heterocycles. The molecule has 6 nitrogen and oxygen atoms in total. The first-order valence-electron chi connectivity index (χ1n) is 5.72. The molecule has 2 aliphatic rings. The molecule has 0 aliphatic carbocycles. The Labute approximate surface area is 100 Å². The van der Waals surface area contributed by atoms with Gasteiger partial charge in [0.2, 0.25) is 0 Å². The Morgan fingerprint density at radius 1 is 1.59 bits per heavy atom. The lowest BCUT2D eigenvalue weighted by molar-refractivity contribution is 0.0227. The number of oxime groups is 1. The van der Waals surface area contributed by atoms with Crippen molar-refractivity contribution in [2.45, 2.75) is 32.5 Å². The van der Waals surface area contributed by atoms with E-state index in [4.69, 9.17) is 14.7 Å². The predicted octanol–water partition coefficient (Wildman–Crippen LogP) is 0.600. The monoisotopic (exact) mass is 242 g/mol. The van der Waals surface area contributed by atoms with Crippen LogP contribution in [0.3, 0.4) is 0 Å². The van der Waals surface area contributed by atoms with Gasteiger partial charge in [-0.1, -0.05) is 5.16 Å². The maximum Gasteiger partial charge on any atom is 0.410 e. The molecule has 0 aromatic rings. The van der Waals surface area contributed by atoms with E-state index in [0.717, 1.165) is 0 Å². The van der Waals surface area contributed by atoms with Crippen LogP contribution < -0.4 is 0 Å². The second kappa shape index (κ2) is 4.18. The van der Waals surface area contributed by atoms with Crippen molar-refractivity contribution in [2.75, 3.05) is 19.7 Å². The quantitative estimate of drug-likeness (QED) is 0.731. The molecule has 0 saturated carbocycles. The molecule has 0 unspecified atom stereocenters. The topological polar surface area (TPSA) is 71.4 Å². The molecule has 2 aliphatic heterocycles. The molecule has 2 heterocycles. The molecule has 0 radical (unpaired) electrons. The smallest absolute Gasteiger partial charge is 0.410 e. The average Bonchev–Trinajstić information content (AvgIpc) is 2.72. The van der Waals surface area contributed by atoms with Crippen molar-refractivity contribution in [3.05, 3.63) is 0 Å². The summed E-state index contributed by atoms with van der Waals surface area (Å²) in [7, 11) is 0. The van der Waals surface area contributed by atoms with E-state index in [2.05, 4.69) is 5.16 Å². The molecule has 96 valence electrons. The third-order valence-electron chi connectivity index (χ3n) is 2.81. The molecule has 0 spiro atoms. The SMILES string of the molecule is CC(C)(C)OC(=O)N1C[C@H]2ON=C(CO)[C@@H]2C1. The fraction of sp³-hybridized carbons (Fsp3) is 0.818. The van der Waals surface area contributed by atoms with Crippen LogP contribution in [0, 0.1) is 5.92 Å². The first kappa shape index (κ1) is 12.2. The number of carbonyl (C=O) groups is 1. The number of hydrogen-bond acceptors (Lipinski definition) is 5. The third kappa shape index (κ3) is 2.52. The summed E-state index contributed by atoms with van der Waals surface area (Å²) in [5.74, 6) is 0.00696. The molecule has 2 rings (SSSR count). The number of amides is 1. The van der Waals surface area contributed by atoms with E-state index >= 15 is 0 Å². The van der Waals surface area contributed by atoms with Crippen LogP contribution in [0.15, 0.2) is 5.16 Å². The summed E-state index contributed by atoms with van der Waals surface area (Å²) >= 11 is 0. The van der Waals surface area contributed by atoms with Crippen molar-refractivity contribution in [1.82, 2.24) is 4.90 Å². The highest BCUT2D eigenvalue weighted by Crippen LogP contribution is 2.27. The molecule has 0 aromatic carbocycles. The lowest BCUT2D eigenvalue weighted by Gasteiger charge is -2.24. The van der Waals surface area contributed by atoms with Crippen molar-refractivity contribution < 1.29 is 19.5 Å². The van der Waals surface area contributed by atoms with E-state index in [-0.39, 0.29) is 24.7 Å². The Hall–Kier alpha value is -1.30. The fourth-order valence-electron chi connectivity index (χ4n) is 2.03. The number of rotatable bonds is 1. The van der Waals surface area contributed by atoms with Gasteiger partial charge >= 0.3 is 6.09 Å². The average molecular weight is 242 g/mol. The van der Waals surface area contributed by atoms with Crippen LogP contribution >= 0.6 is 0 Å². The van der Waals surface area contributed by atoms with Gasteiger partial charge in [-0.15, -0.1) is 0 Å². The van der Waals surface area contributed by atoms with Crippen LogP contribution in [0.5, 0.6) is 0 Å². The Bertz CT molecular complexity index is 348. The van der Waals surface area contributed by atoms with Crippen molar-refractivity contribution in [3.8, 4) is 0 Å². The Balaban J connectivity index is 1.95. The zero-order valence-electron chi connectivity index (χ0n) is 10.3. The number of aliphatic hydroxyl groups is 1. The second-order valence-corrected chi connectivity index (χ2v) is 5.38. The predicted molar refractivity (Wildman–Crippen MR) is 60.7 cm³/mol. The molecular formula is C11H18N2O4. The van der Waals surface area contributed by atoms with Gasteiger partial charge in [-0.2, -0.15) is 0 Å². The van der Waals surface area contributed by atoms with Crippen LogP contribution in [0.2, 0.25) is 0 Å². The zero-order chi connectivity index (χ0) is 12.6. The minimum atomic E-state index is -0.496. The summed E-state index contributed by atoms with van der Waals surface area (Å²) in [6.07, 6.45) is -0.475. The van der Waals surface area contributed by atoms with Gasteiger partial charge in [-0.3, -0.25) is 0 Å². The van der Waals surface area contributed by atoms with Gasteiger partial charge in [0.15, 0.2) is 6.10 Å². The molecule has 1 amide bonds. The minimum Gasteiger partial charge on any atom is -0.444 e. The maximum absolute atomic E-state index is 11.8. The summed E-state index contributed by atoms with van der Waals surface area (Å²) in [6.45, 7) is 6.34. The summed E-state index contributed by atoms with van der Waals surface area (Å²) < 4.78 is 5.28. The Morgan fingerprint density at radius 3 is 2.88 bits per heavy atom. The number of hydrogen-bond donors (Lipinski definition) is 1. The van der Waals surface area contributed by atoms with Gasteiger partial charge in [0.1, 0.15) is 5.60 Å². The lowest BCUT2D eigenvalue weighted by atomic mass is 10.0. The molecule has 2 atom stereocenters. The van der Waals surface area contributed by atoms with Gasteiger partial charge in [-0.05, 0) is 20.8 Å². The number of ether oxygens (including phenoxy) is 1. The molecule has 0 aromatic heterocycles. The first-order chi connectivity index (χ1) is 7.90. The van der Waals surface area contributed by atoms with Crippen LogP contribution in [-0.2, 0) is 9.57 Å². The highest BCUT2D eigenvalue weighted by atomic mass is 16.6. The summed E-state index contributed by atoms with van der Waals surface area (Å²) in [6, 6.07) is 0. The number of aliphatic hydroxyl groups excluding tert-OH is 1. The van der Waals surface area contributed by atoms with Crippen molar-refractivity contribution in [1.29, 1.82) is 0 Å². The fourth-order valence-corrected chi connectivity index (χ4v) is 2.03. The van der Waals surface area contributed by atoms with Gasteiger partial charge in [-0.25, -0.2) is 4.79 Å². The molecule has 1 fully saturated rings. The van der Waals surface area contributed by atoms with Gasteiger partial charge < -0.3 is 19.6 Å². The molecule has 6 heteroatoms. The number of carbonyl (C=O) groups excluding carboxylic acids is 1. The maximum atomic E-state index is 11.8. The van der Waals surface area contributed by atoms with Crippen molar-refractivity contribution >= 4 is 11.8 Å². The summed E-state index contributed by atoms with van der Waals surface area (Å²) in [5, 5.41) is 12.9. The van der Waals surface area contributed by atoms with Crippen LogP contribution in [-0.4, -0.2) is 53.2 Å². The first-order valence-corrected chi connectivity index (χ1v) is 5.72. The number of fused-ring (bicyclic) bond motifs is 1. The largest absolute Gasteiger partial charge is 0.444 e. The third-order valence-corrected chi connectivity index (χ3v) is 2.81. The Morgan fingerprint density at radius 2 is 2.29 bits per heavy atom. The van der Waals surface area contributed by atoms with Crippen molar-refractivity contribution in [2.24, 2.45) is 11.1 Å². The molecule has 1 N–H and O–H groups in total. The molecule has 17 heavy (non-hydrogen) atoms. The van der Waals surface area contributed by atoms with Crippen molar-refractivity contribution in [3.63, 3.8) is 0 Å². The van der Waals surface area contributed by atoms with E-state index in [1.54, 1.807) is 4.90 Å². The van der Waals surface area contributed by atoms with Crippen LogP contribution in [0.1, 0.15) is 20.8 Å². The molecular weight excluding hydrogens is 224 g/mol. The van der Waals surface area contributed by atoms with E-state index in [1.807, 2.05) is 20.8 Å². The van der Waals surface area contributed by atoms with E-state index in [1.165, 1.54) is 0 Å². The number of nitrogens with zero attached hydrogens (tertiary/aromatic N) is 2. The van der Waals surface area contributed by atoms with E-state index in [0.29, 0.717) is 18.8 Å². The summed E-state index contributed by atoms with van der Waals surface area (Å²) in [4.78, 5) is 18.6. The number of likely N-dealkylation sites (tertiary alicyclic amines) is 1. The molecule has 0 bridgehead atoms. The minimum absolute atomic E-state index is 0.00696. The van der Waals surface area contributed by atoms with E-state index in [9.17, 15) is 4.79 Å². The highest BCUT2D eigenvalue weighted by Gasteiger charge is 2.44. The van der Waals surface area contributed by atoms with Gasteiger partial charge in [0, 0.05) is 6.54 Å². The standard InChI is InChI=1S/C11H18N2O4/c1-11(2,3)16-10(15)13-4-7-8(6-14)12-17-9(7)5-13/h7,9,14H,4-6H2,1-3H3/t7-,9+/m0/s1. The normalized spacial score (nSPS) is 27.5. The summed E-state index contributed by atoms with van der Waals surface area (Å²) in [5.41, 5.74) is 0.116.